The van der Waals surface area contributed by atoms with Crippen LogP contribution in [-0.4, -0.2) is 26.7 Å². The Morgan fingerprint density at radius 3 is 2.47 bits per heavy atom. The van der Waals surface area contributed by atoms with Gasteiger partial charge in [0.1, 0.15) is 5.84 Å². The molecule has 1 amide bonds. The standard InChI is InChI=1S/C23H29N3O3S/c1-23(2,3)18-12-9-17(10-13-18)11-14-22(27)25-19-6-4-7-20(16-19)30(28,29)26-21-8-5-15-24-21/h4,6-7,9-10,12-13,16H,5,8,11,14-15H2,1-3H3,(H,24,26)(H,25,27). The van der Waals surface area contributed by atoms with E-state index in [1.807, 2.05) is 0 Å². The van der Waals surface area contributed by atoms with Crippen molar-refractivity contribution in [2.45, 2.75) is 56.8 Å². The highest BCUT2D eigenvalue weighted by Crippen LogP contribution is 2.22. The molecule has 0 aromatic heterocycles. The Kier molecular flexibility index (Phi) is 6.61. The third kappa shape index (κ3) is 5.92. The van der Waals surface area contributed by atoms with Crippen molar-refractivity contribution in [3.05, 3.63) is 59.7 Å². The van der Waals surface area contributed by atoms with Crippen LogP contribution in [0.4, 0.5) is 5.69 Å². The Bertz CT molecular complexity index is 1040. The molecule has 1 aliphatic rings. The summed E-state index contributed by atoms with van der Waals surface area (Å²) in [5, 5.41) is 2.79. The molecule has 6 nitrogen and oxygen atoms in total. The number of hydrogen-bond acceptors (Lipinski definition) is 4. The van der Waals surface area contributed by atoms with Gasteiger partial charge < -0.3 is 5.32 Å². The Labute approximate surface area is 178 Å². The molecule has 2 aromatic carbocycles. The first-order valence-electron chi connectivity index (χ1n) is 10.2. The summed E-state index contributed by atoms with van der Waals surface area (Å²) in [5.74, 6) is 0.333. The van der Waals surface area contributed by atoms with Crippen molar-refractivity contribution in [1.29, 1.82) is 0 Å². The number of sulfonamides is 1. The summed E-state index contributed by atoms with van der Waals surface area (Å²) in [6, 6.07) is 14.6. The van der Waals surface area contributed by atoms with Crippen LogP contribution in [0.2, 0.25) is 0 Å². The molecule has 0 fully saturated rings. The summed E-state index contributed by atoms with van der Waals surface area (Å²) in [6.45, 7) is 7.15. The summed E-state index contributed by atoms with van der Waals surface area (Å²) in [6.07, 6.45) is 2.43. The van der Waals surface area contributed by atoms with Gasteiger partial charge in [0, 0.05) is 25.1 Å². The average Bonchev–Trinajstić information content (AvgIpc) is 3.18. The summed E-state index contributed by atoms with van der Waals surface area (Å²) < 4.78 is 27.6. The zero-order valence-corrected chi connectivity index (χ0v) is 18.6. The van der Waals surface area contributed by atoms with E-state index in [-0.39, 0.29) is 16.2 Å². The number of rotatable bonds is 6. The number of amides is 1. The van der Waals surface area contributed by atoms with Gasteiger partial charge in [0.05, 0.1) is 4.90 Å². The fourth-order valence-electron chi connectivity index (χ4n) is 3.23. The molecule has 0 aliphatic carbocycles. The molecule has 30 heavy (non-hydrogen) atoms. The van der Waals surface area contributed by atoms with Crippen LogP contribution >= 0.6 is 0 Å². The maximum Gasteiger partial charge on any atom is 0.262 e. The van der Waals surface area contributed by atoms with Crippen molar-refractivity contribution in [3.8, 4) is 0 Å². The summed E-state index contributed by atoms with van der Waals surface area (Å²) in [7, 11) is -3.71. The van der Waals surface area contributed by atoms with Gasteiger partial charge in [-0.1, -0.05) is 51.1 Å². The lowest BCUT2D eigenvalue weighted by Crippen LogP contribution is -2.29. The number of carbonyl (C=O) groups excluding carboxylic acids is 1. The largest absolute Gasteiger partial charge is 0.326 e. The Morgan fingerprint density at radius 2 is 1.83 bits per heavy atom. The van der Waals surface area contributed by atoms with Gasteiger partial charge in [-0.2, -0.15) is 0 Å². The van der Waals surface area contributed by atoms with Crippen molar-refractivity contribution in [3.63, 3.8) is 0 Å². The summed E-state index contributed by atoms with van der Waals surface area (Å²) >= 11 is 0. The van der Waals surface area contributed by atoms with Gasteiger partial charge in [-0.05, 0) is 47.6 Å². The highest BCUT2D eigenvalue weighted by atomic mass is 32.2. The van der Waals surface area contributed by atoms with Gasteiger partial charge in [0.15, 0.2) is 0 Å². The Hall–Kier alpha value is -2.67. The van der Waals surface area contributed by atoms with E-state index >= 15 is 0 Å². The summed E-state index contributed by atoms with van der Waals surface area (Å²) in [5.41, 5.74) is 2.90. The van der Waals surface area contributed by atoms with Crippen molar-refractivity contribution >= 4 is 27.5 Å². The molecule has 1 heterocycles. The smallest absolute Gasteiger partial charge is 0.262 e. The van der Waals surface area contributed by atoms with Crippen molar-refractivity contribution < 1.29 is 13.2 Å². The number of benzene rings is 2. The van der Waals surface area contributed by atoms with E-state index in [2.05, 4.69) is 60.1 Å². The van der Waals surface area contributed by atoms with E-state index in [0.29, 0.717) is 37.3 Å². The van der Waals surface area contributed by atoms with E-state index in [1.165, 1.54) is 17.7 Å². The number of nitrogens with zero attached hydrogens (tertiary/aromatic N) is 1. The van der Waals surface area contributed by atoms with E-state index in [0.717, 1.165) is 12.0 Å². The third-order valence-corrected chi connectivity index (χ3v) is 6.39. The topological polar surface area (TPSA) is 87.6 Å². The molecule has 1 aliphatic heterocycles. The fourth-order valence-corrected chi connectivity index (χ4v) is 4.37. The molecule has 2 N–H and O–H groups in total. The van der Waals surface area contributed by atoms with E-state index in [4.69, 9.17) is 0 Å². The highest BCUT2D eigenvalue weighted by Gasteiger charge is 2.19. The molecule has 0 bridgehead atoms. The van der Waals surface area contributed by atoms with Crippen LogP contribution in [0.5, 0.6) is 0 Å². The fraction of sp³-hybridized carbons (Fsp3) is 0.391. The first kappa shape index (κ1) is 22.0. The molecule has 0 atom stereocenters. The maximum atomic E-state index is 12.5. The molecule has 0 spiro atoms. The van der Waals surface area contributed by atoms with Gasteiger partial charge in [0.2, 0.25) is 5.91 Å². The normalized spacial score (nSPS) is 14.3. The molecule has 0 saturated heterocycles. The van der Waals surface area contributed by atoms with Crippen LogP contribution in [0, 0.1) is 0 Å². The zero-order chi connectivity index (χ0) is 21.8. The molecule has 2 aromatic rings. The highest BCUT2D eigenvalue weighted by molar-refractivity contribution is 7.90. The third-order valence-electron chi connectivity index (χ3n) is 5.02. The quantitative estimate of drug-likeness (QED) is 0.730. The van der Waals surface area contributed by atoms with Gasteiger partial charge in [-0.25, -0.2) is 8.42 Å². The number of amidine groups is 1. The minimum absolute atomic E-state index is 0.0977. The SMILES string of the molecule is CC(C)(C)c1ccc(CCC(=O)Nc2cccc(S(=O)(=O)NC3=NCCC3)c2)cc1. The number of hydrogen-bond donors (Lipinski definition) is 2. The molecule has 7 heteroatoms. The lowest BCUT2D eigenvalue weighted by atomic mass is 9.86. The van der Waals surface area contributed by atoms with Crippen LogP contribution < -0.4 is 10.0 Å². The predicted octanol–water partition coefficient (Wildman–Crippen LogP) is 4.03. The maximum absolute atomic E-state index is 12.5. The number of nitrogens with one attached hydrogen (secondary N) is 2. The number of aryl methyl sites for hydroxylation is 1. The Balaban J connectivity index is 1.58. The van der Waals surface area contributed by atoms with Gasteiger partial charge in [0.25, 0.3) is 10.0 Å². The van der Waals surface area contributed by atoms with E-state index in [1.54, 1.807) is 12.1 Å². The molecule has 0 saturated carbocycles. The Morgan fingerprint density at radius 1 is 1.10 bits per heavy atom. The number of aliphatic imine (C=N–C) groups is 1. The first-order valence-corrected chi connectivity index (χ1v) is 11.7. The van der Waals surface area contributed by atoms with Gasteiger partial charge in [-0.15, -0.1) is 0 Å². The minimum atomic E-state index is -3.71. The first-order chi connectivity index (χ1) is 14.1. The molecule has 0 radical (unpaired) electrons. The van der Waals surface area contributed by atoms with Crippen molar-refractivity contribution in [2.24, 2.45) is 4.99 Å². The second-order valence-electron chi connectivity index (χ2n) is 8.56. The van der Waals surface area contributed by atoms with Crippen molar-refractivity contribution in [2.75, 3.05) is 11.9 Å². The monoisotopic (exact) mass is 427 g/mol. The average molecular weight is 428 g/mol. The van der Waals surface area contributed by atoms with Crippen LogP contribution in [-0.2, 0) is 26.7 Å². The van der Waals surface area contributed by atoms with E-state index in [9.17, 15) is 13.2 Å². The molecule has 3 rings (SSSR count). The van der Waals surface area contributed by atoms with Crippen LogP contribution in [0.25, 0.3) is 0 Å². The second-order valence-corrected chi connectivity index (χ2v) is 10.2. The van der Waals surface area contributed by atoms with Gasteiger partial charge >= 0.3 is 0 Å². The number of carbonyl (C=O) groups is 1. The van der Waals surface area contributed by atoms with Crippen LogP contribution in [0.1, 0.15) is 51.2 Å². The van der Waals surface area contributed by atoms with Crippen molar-refractivity contribution in [1.82, 2.24) is 4.72 Å². The lowest BCUT2D eigenvalue weighted by molar-refractivity contribution is -0.116. The minimum Gasteiger partial charge on any atom is -0.326 e. The molecular formula is C23H29N3O3S. The molecule has 160 valence electrons. The zero-order valence-electron chi connectivity index (χ0n) is 17.7. The lowest BCUT2D eigenvalue weighted by Gasteiger charge is -2.19. The van der Waals surface area contributed by atoms with Crippen LogP contribution in [0.3, 0.4) is 0 Å². The summed E-state index contributed by atoms with van der Waals surface area (Å²) in [4.78, 5) is 16.6. The molecular weight excluding hydrogens is 398 g/mol. The predicted molar refractivity (Wildman–Crippen MR) is 120 cm³/mol. The van der Waals surface area contributed by atoms with Gasteiger partial charge in [-0.3, -0.25) is 14.5 Å². The van der Waals surface area contributed by atoms with E-state index < -0.39 is 10.0 Å². The second kappa shape index (κ2) is 9.00. The number of anilines is 1. The van der Waals surface area contributed by atoms with Crippen LogP contribution in [0.15, 0.2) is 58.4 Å². The molecule has 0 unspecified atom stereocenters.